The Morgan fingerprint density at radius 2 is 1.89 bits per heavy atom. The zero-order valence-electron chi connectivity index (χ0n) is 22.1. The summed E-state index contributed by atoms with van der Waals surface area (Å²) in [5, 5.41) is 19.7. The average molecular weight is 515 g/mol. The zero-order valence-corrected chi connectivity index (χ0v) is 22.1. The first-order chi connectivity index (χ1) is 18.4. The third-order valence-electron chi connectivity index (χ3n) is 8.27. The molecule has 3 aromatic rings. The molecule has 0 spiro atoms. The van der Waals surface area contributed by atoms with Crippen LogP contribution in [0.5, 0.6) is 5.75 Å². The number of likely N-dealkylation sites (tertiary alicyclic amines) is 1. The molecule has 0 unspecified atom stereocenters. The summed E-state index contributed by atoms with van der Waals surface area (Å²) in [6, 6.07) is 6.83. The summed E-state index contributed by atoms with van der Waals surface area (Å²) in [4.78, 5) is 32.9. The number of piperidine rings is 1. The molecule has 198 valence electrons. The van der Waals surface area contributed by atoms with Gasteiger partial charge in [0.25, 0.3) is 0 Å². The first kappa shape index (κ1) is 25.9. The largest absolute Gasteiger partial charge is 0.496 e. The summed E-state index contributed by atoms with van der Waals surface area (Å²) >= 11 is 0. The van der Waals surface area contributed by atoms with Crippen LogP contribution in [-0.2, 0) is 24.9 Å². The highest BCUT2D eigenvalue weighted by Gasteiger charge is 2.32. The number of carbonyl (C=O) groups excluding carboxylic acids is 2. The van der Waals surface area contributed by atoms with Gasteiger partial charge in [-0.1, -0.05) is 25.0 Å². The number of methoxy groups -OCH3 is 1. The van der Waals surface area contributed by atoms with Crippen LogP contribution in [0, 0.1) is 17.2 Å². The molecule has 2 aromatic heterocycles. The first-order valence-corrected chi connectivity index (χ1v) is 13.4. The van der Waals surface area contributed by atoms with Crippen LogP contribution in [-0.4, -0.2) is 51.4 Å². The van der Waals surface area contributed by atoms with Crippen molar-refractivity contribution in [1.29, 1.82) is 5.26 Å². The van der Waals surface area contributed by atoms with Crippen LogP contribution < -0.4 is 4.74 Å². The van der Waals surface area contributed by atoms with E-state index < -0.39 is 0 Å². The van der Waals surface area contributed by atoms with Gasteiger partial charge in [-0.2, -0.15) is 5.26 Å². The van der Waals surface area contributed by atoms with Gasteiger partial charge in [-0.3, -0.25) is 9.59 Å². The second-order valence-electron chi connectivity index (χ2n) is 10.5. The normalized spacial score (nSPS) is 16.6. The molecule has 1 saturated heterocycles. The number of aliphatic hydroxyl groups excluding tert-OH is 1. The Hall–Kier alpha value is -3.70. The number of ether oxygens (including phenoxy) is 1. The molecule has 2 aliphatic rings. The molecular formula is C30H34N4O4. The molecule has 0 bridgehead atoms. The van der Waals surface area contributed by atoms with E-state index >= 15 is 0 Å². The van der Waals surface area contributed by atoms with Gasteiger partial charge in [-0.05, 0) is 48.8 Å². The quantitative estimate of drug-likeness (QED) is 0.472. The van der Waals surface area contributed by atoms with E-state index in [1.54, 1.807) is 25.4 Å². The molecule has 1 aliphatic heterocycles. The number of fused-ring (bicyclic) bond motifs is 1. The van der Waals surface area contributed by atoms with Crippen LogP contribution in [0.3, 0.4) is 0 Å². The SMILES string of the molecule is COc1c(CC(=O)c2ccc(CO)c(C#N)c2)cnc2c1c(C1CCN(C(=O)C3CCCC3)CC1)cn2C. The predicted octanol–water partition coefficient (Wildman–Crippen LogP) is 4.27. The highest BCUT2D eigenvalue weighted by atomic mass is 16.5. The molecule has 5 rings (SSSR count). The zero-order chi connectivity index (χ0) is 26.8. The van der Waals surface area contributed by atoms with E-state index in [-0.39, 0.29) is 30.6 Å². The standard InChI is InChI=1S/C30H34N4O4/c1-33-17-25(19-9-11-34(12-10-19)30(37)20-5-3-4-6-20)27-28(38-2)24(16-32-29(27)33)14-26(36)21-7-8-22(18-35)23(13-21)15-31/h7-8,13,16-17,19-20,35H,3-6,9-12,14,18H2,1-2H3. The monoisotopic (exact) mass is 514 g/mol. The summed E-state index contributed by atoms with van der Waals surface area (Å²) in [6.45, 7) is 1.26. The summed E-state index contributed by atoms with van der Waals surface area (Å²) in [5.41, 5.74) is 3.84. The third kappa shape index (κ3) is 4.79. The lowest BCUT2D eigenvalue weighted by molar-refractivity contribution is -0.136. The van der Waals surface area contributed by atoms with Crippen molar-refractivity contribution in [2.45, 2.75) is 57.5 Å². The topological polar surface area (TPSA) is 108 Å². The van der Waals surface area contributed by atoms with E-state index in [2.05, 4.69) is 16.1 Å². The van der Waals surface area contributed by atoms with Gasteiger partial charge in [0.05, 0.1) is 30.7 Å². The minimum atomic E-state index is -0.254. The summed E-state index contributed by atoms with van der Waals surface area (Å²) < 4.78 is 7.89. The van der Waals surface area contributed by atoms with Crippen molar-refractivity contribution in [3.05, 3.63) is 58.4 Å². The maximum atomic E-state index is 13.2. The summed E-state index contributed by atoms with van der Waals surface area (Å²) in [5.74, 6) is 1.30. The van der Waals surface area contributed by atoms with Gasteiger partial charge < -0.3 is 19.3 Å². The Labute approximate surface area is 222 Å². The van der Waals surface area contributed by atoms with E-state index in [9.17, 15) is 20.0 Å². The minimum absolute atomic E-state index is 0.0815. The van der Waals surface area contributed by atoms with Crippen molar-refractivity contribution < 1.29 is 19.4 Å². The third-order valence-corrected chi connectivity index (χ3v) is 8.27. The Bertz CT molecular complexity index is 1410. The van der Waals surface area contributed by atoms with Crippen LogP contribution in [0.4, 0.5) is 0 Å². The molecule has 1 aromatic carbocycles. The van der Waals surface area contributed by atoms with Crippen molar-refractivity contribution >= 4 is 22.7 Å². The van der Waals surface area contributed by atoms with E-state index in [1.807, 2.05) is 17.7 Å². The van der Waals surface area contributed by atoms with Gasteiger partial charge in [0.1, 0.15) is 11.4 Å². The number of hydrogen-bond acceptors (Lipinski definition) is 6. The number of nitriles is 1. The lowest BCUT2D eigenvalue weighted by Gasteiger charge is -2.33. The number of carbonyl (C=O) groups is 2. The Morgan fingerprint density at radius 1 is 1.16 bits per heavy atom. The maximum Gasteiger partial charge on any atom is 0.225 e. The number of ketones is 1. The molecule has 1 saturated carbocycles. The molecule has 1 amide bonds. The van der Waals surface area contributed by atoms with Crippen molar-refractivity contribution in [1.82, 2.24) is 14.5 Å². The van der Waals surface area contributed by atoms with Crippen LogP contribution >= 0.6 is 0 Å². The second-order valence-corrected chi connectivity index (χ2v) is 10.5. The molecule has 3 heterocycles. The van der Waals surface area contributed by atoms with Crippen molar-refractivity contribution in [2.75, 3.05) is 20.2 Å². The minimum Gasteiger partial charge on any atom is -0.496 e. The van der Waals surface area contributed by atoms with Gasteiger partial charge in [0.15, 0.2) is 5.78 Å². The number of hydrogen-bond donors (Lipinski definition) is 1. The lowest BCUT2D eigenvalue weighted by Crippen LogP contribution is -2.40. The fourth-order valence-electron chi connectivity index (χ4n) is 6.16. The highest BCUT2D eigenvalue weighted by molar-refractivity contribution is 5.99. The van der Waals surface area contributed by atoms with Gasteiger partial charge in [0.2, 0.25) is 5.91 Å². The molecule has 0 atom stereocenters. The van der Waals surface area contributed by atoms with E-state index in [4.69, 9.17) is 4.74 Å². The highest BCUT2D eigenvalue weighted by Crippen LogP contribution is 2.40. The first-order valence-electron chi connectivity index (χ1n) is 13.4. The van der Waals surface area contributed by atoms with E-state index in [0.717, 1.165) is 68.2 Å². The molecule has 8 heteroatoms. The molecule has 2 fully saturated rings. The molecular weight excluding hydrogens is 480 g/mol. The summed E-state index contributed by atoms with van der Waals surface area (Å²) in [6.07, 6.45) is 10.0. The van der Waals surface area contributed by atoms with Crippen molar-refractivity contribution in [3.63, 3.8) is 0 Å². The van der Waals surface area contributed by atoms with Gasteiger partial charge in [0, 0.05) is 56.0 Å². The fraction of sp³-hybridized carbons (Fsp3) is 0.467. The number of aliphatic hydroxyl groups is 1. The number of amides is 1. The van der Waals surface area contributed by atoms with E-state index in [0.29, 0.717) is 33.9 Å². The van der Waals surface area contributed by atoms with Gasteiger partial charge in [-0.15, -0.1) is 0 Å². The van der Waals surface area contributed by atoms with Crippen LogP contribution in [0.15, 0.2) is 30.6 Å². The fourth-order valence-corrected chi connectivity index (χ4v) is 6.16. The number of pyridine rings is 1. The van der Waals surface area contributed by atoms with Crippen molar-refractivity contribution in [3.8, 4) is 11.8 Å². The lowest BCUT2D eigenvalue weighted by atomic mass is 9.88. The van der Waals surface area contributed by atoms with Gasteiger partial charge in [-0.25, -0.2) is 4.98 Å². The number of nitrogens with zero attached hydrogens (tertiary/aromatic N) is 4. The Balaban J connectivity index is 1.40. The Kier molecular flexibility index (Phi) is 7.48. The van der Waals surface area contributed by atoms with Crippen LogP contribution in [0.2, 0.25) is 0 Å². The number of Topliss-reactive ketones (excluding diaryl/α,β-unsaturated/α-hetero) is 1. The Morgan fingerprint density at radius 3 is 2.55 bits per heavy atom. The second kappa shape index (κ2) is 11.0. The number of benzene rings is 1. The molecule has 1 aliphatic carbocycles. The summed E-state index contributed by atoms with van der Waals surface area (Å²) in [7, 11) is 3.58. The van der Waals surface area contributed by atoms with Crippen molar-refractivity contribution in [2.24, 2.45) is 13.0 Å². The number of rotatable bonds is 7. The molecule has 38 heavy (non-hydrogen) atoms. The maximum absolute atomic E-state index is 13.2. The molecule has 0 radical (unpaired) electrons. The van der Waals surface area contributed by atoms with Crippen LogP contribution in [0.25, 0.3) is 11.0 Å². The van der Waals surface area contributed by atoms with Gasteiger partial charge >= 0.3 is 0 Å². The molecule has 8 nitrogen and oxygen atoms in total. The van der Waals surface area contributed by atoms with Crippen LogP contribution in [0.1, 0.15) is 77.1 Å². The smallest absolute Gasteiger partial charge is 0.225 e. The van der Waals surface area contributed by atoms with E-state index in [1.165, 1.54) is 6.07 Å². The molecule has 1 N–H and O–H groups in total. The average Bonchev–Trinajstić information content (AvgIpc) is 3.61. The predicted molar refractivity (Wildman–Crippen MR) is 143 cm³/mol. The number of aryl methyl sites for hydroxylation is 1. The number of aromatic nitrogens is 2.